The average molecular weight is 280 g/mol. The van der Waals surface area contributed by atoms with E-state index in [9.17, 15) is 4.79 Å². The summed E-state index contributed by atoms with van der Waals surface area (Å²) in [7, 11) is 0. The van der Waals surface area contributed by atoms with Gasteiger partial charge in [-0.15, -0.1) is 0 Å². The van der Waals surface area contributed by atoms with Gasteiger partial charge in [-0.2, -0.15) is 0 Å². The third-order valence-electron chi connectivity index (χ3n) is 4.13. The molecule has 4 rings (SSSR count). The molecule has 1 aromatic carbocycles. The van der Waals surface area contributed by atoms with Crippen molar-refractivity contribution in [1.29, 1.82) is 0 Å². The molecular formula is C16H16N4O. The summed E-state index contributed by atoms with van der Waals surface area (Å²) in [4.78, 5) is 21.8. The number of rotatable bonds is 2. The molecule has 3 heterocycles. The van der Waals surface area contributed by atoms with Gasteiger partial charge in [0.2, 0.25) is 0 Å². The lowest BCUT2D eigenvalue weighted by molar-refractivity contribution is 0.207. The zero-order valence-corrected chi connectivity index (χ0v) is 12.1. The van der Waals surface area contributed by atoms with E-state index in [0.717, 1.165) is 33.5 Å². The highest BCUT2D eigenvalue weighted by Crippen LogP contribution is 2.28. The molecule has 0 atom stereocenters. The van der Waals surface area contributed by atoms with Crippen LogP contribution in [0.15, 0.2) is 30.6 Å². The number of fused-ring (bicyclic) bond motifs is 3. The van der Waals surface area contributed by atoms with Gasteiger partial charge in [-0.05, 0) is 31.5 Å². The standard InChI is InChI=1S/C16H16N4O/c1-10-3-4-12-6-13-7-19(8-14-11(2)17-9-18-14)16(21)20(13)15(12)5-10/h3-6,9H,7-8H2,1-2H3,(H,17,18). The van der Waals surface area contributed by atoms with Crippen LogP contribution in [0.4, 0.5) is 4.79 Å². The van der Waals surface area contributed by atoms with Gasteiger partial charge in [0.15, 0.2) is 0 Å². The first kappa shape index (κ1) is 12.2. The molecule has 0 fully saturated rings. The van der Waals surface area contributed by atoms with Gasteiger partial charge < -0.3 is 9.88 Å². The summed E-state index contributed by atoms with van der Waals surface area (Å²) in [5.74, 6) is 0. The van der Waals surface area contributed by atoms with E-state index in [4.69, 9.17) is 0 Å². The number of hydrogen-bond donors (Lipinski definition) is 1. The van der Waals surface area contributed by atoms with E-state index < -0.39 is 0 Å². The predicted octanol–water partition coefficient (Wildman–Crippen LogP) is 2.97. The van der Waals surface area contributed by atoms with E-state index in [1.54, 1.807) is 6.33 Å². The summed E-state index contributed by atoms with van der Waals surface area (Å²) >= 11 is 0. The topological polar surface area (TPSA) is 53.9 Å². The second-order valence-corrected chi connectivity index (χ2v) is 5.65. The Morgan fingerprint density at radius 1 is 1.29 bits per heavy atom. The van der Waals surface area contributed by atoms with Gasteiger partial charge in [-0.1, -0.05) is 12.1 Å². The molecule has 0 aliphatic carbocycles. The number of imidazole rings is 1. The molecule has 0 saturated carbocycles. The van der Waals surface area contributed by atoms with E-state index in [1.165, 1.54) is 0 Å². The van der Waals surface area contributed by atoms with Crippen molar-refractivity contribution in [2.24, 2.45) is 0 Å². The molecule has 1 aliphatic heterocycles. The van der Waals surface area contributed by atoms with Crippen molar-refractivity contribution in [3.8, 4) is 0 Å². The number of nitrogens with zero attached hydrogens (tertiary/aromatic N) is 3. The van der Waals surface area contributed by atoms with Gasteiger partial charge in [0.05, 0.1) is 30.6 Å². The maximum atomic E-state index is 12.7. The number of nitrogens with one attached hydrogen (secondary N) is 1. The molecule has 0 radical (unpaired) electrons. The molecular weight excluding hydrogens is 264 g/mol. The predicted molar refractivity (Wildman–Crippen MR) is 80.0 cm³/mol. The Kier molecular flexibility index (Phi) is 2.45. The second kappa shape index (κ2) is 4.22. The summed E-state index contributed by atoms with van der Waals surface area (Å²) in [5.41, 5.74) is 5.15. The van der Waals surface area contributed by atoms with Crippen LogP contribution in [0.1, 0.15) is 22.6 Å². The lowest BCUT2D eigenvalue weighted by Gasteiger charge is -2.14. The molecule has 0 spiro atoms. The fraction of sp³-hybridized carbons (Fsp3) is 0.250. The number of carbonyl (C=O) groups is 1. The SMILES string of the molecule is Cc1ccc2cc3n(c2c1)C(=O)N(Cc1nc[nH]c1C)C3. The van der Waals surface area contributed by atoms with Crippen LogP contribution in [0.25, 0.3) is 10.9 Å². The Balaban J connectivity index is 1.72. The summed E-state index contributed by atoms with van der Waals surface area (Å²) < 4.78 is 1.82. The lowest BCUT2D eigenvalue weighted by Crippen LogP contribution is -2.26. The smallest absolute Gasteiger partial charge is 0.329 e. The lowest BCUT2D eigenvalue weighted by atomic mass is 10.2. The molecule has 1 aliphatic rings. The van der Waals surface area contributed by atoms with E-state index in [2.05, 4.69) is 34.2 Å². The quantitative estimate of drug-likeness (QED) is 0.784. The van der Waals surface area contributed by atoms with Crippen LogP contribution in [-0.4, -0.2) is 25.5 Å². The minimum absolute atomic E-state index is 0.0352. The molecule has 3 aromatic rings. The monoisotopic (exact) mass is 280 g/mol. The van der Waals surface area contributed by atoms with Crippen LogP contribution in [0, 0.1) is 13.8 Å². The molecule has 106 valence electrons. The third-order valence-corrected chi connectivity index (χ3v) is 4.13. The number of aromatic nitrogens is 3. The van der Waals surface area contributed by atoms with Crippen LogP contribution in [0.3, 0.4) is 0 Å². The second-order valence-electron chi connectivity index (χ2n) is 5.65. The Labute approximate surface area is 122 Å². The number of benzene rings is 1. The Morgan fingerprint density at radius 3 is 2.90 bits per heavy atom. The third kappa shape index (κ3) is 1.77. The van der Waals surface area contributed by atoms with Crippen molar-refractivity contribution < 1.29 is 4.79 Å². The molecule has 1 amide bonds. The first-order valence-corrected chi connectivity index (χ1v) is 7.02. The van der Waals surface area contributed by atoms with Crippen LogP contribution >= 0.6 is 0 Å². The molecule has 2 aromatic heterocycles. The number of aryl methyl sites for hydroxylation is 2. The van der Waals surface area contributed by atoms with Crippen molar-refractivity contribution in [2.45, 2.75) is 26.9 Å². The summed E-state index contributed by atoms with van der Waals surface area (Å²) in [6, 6.07) is 8.36. The van der Waals surface area contributed by atoms with Gasteiger partial charge in [-0.25, -0.2) is 9.78 Å². The van der Waals surface area contributed by atoms with Crippen LogP contribution in [0.2, 0.25) is 0 Å². The van der Waals surface area contributed by atoms with Crippen LogP contribution in [-0.2, 0) is 13.1 Å². The van der Waals surface area contributed by atoms with Crippen molar-refractivity contribution in [3.63, 3.8) is 0 Å². The maximum Gasteiger partial charge on any atom is 0.329 e. The van der Waals surface area contributed by atoms with E-state index >= 15 is 0 Å². The molecule has 1 N–H and O–H groups in total. The Bertz CT molecular complexity index is 858. The van der Waals surface area contributed by atoms with Crippen LogP contribution < -0.4 is 0 Å². The van der Waals surface area contributed by atoms with Gasteiger partial charge in [-0.3, -0.25) is 4.57 Å². The van der Waals surface area contributed by atoms with E-state index in [0.29, 0.717) is 13.1 Å². The van der Waals surface area contributed by atoms with E-state index in [-0.39, 0.29) is 6.03 Å². The van der Waals surface area contributed by atoms with Gasteiger partial charge in [0, 0.05) is 16.8 Å². The maximum absolute atomic E-state index is 12.7. The highest BCUT2D eigenvalue weighted by atomic mass is 16.2. The first-order valence-electron chi connectivity index (χ1n) is 7.02. The molecule has 0 saturated heterocycles. The number of hydrogen-bond acceptors (Lipinski definition) is 2. The molecule has 5 heteroatoms. The van der Waals surface area contributed by atoms with Crippen molar-refractivity contribution in [3.05, 3.63) is 53.2 Å². The number of carbonyl (C=O) groups excluding carboxylic acids is 1. The minimum atomic E-state index is 0.0352. The first-order chi connectivity index (χ1) is 10.1. The normalized spacial score (nSPS) is 14.2. The Morgan fingerprint density at radius 2 is 2.14 bits per heavy atom. The number of amides is 1. The molecule has 21 heavy (non-hydrogen) atoms. The number of aromatic amines is 1. The van der Waals surface area contributed by atoms with Crippen LogP contribution in [0.5, 0.6) is 0 Å². The summed E-state index contributed by atoms with van der Waals surface area (Å²) in [6.45, 7) is 5.20. The fourth-order valence-electron chi connectivity index (χ4n) is 2.97. The van der Waals surface area contributed by atoms with Gasteiger partial charge >= 0.3 is 6.03 Å². The van der Waals surface area contributed by atoms with Crippen molar-refractivity contribution in [1.82, 2.24) is 19.4 Å². The van der Waals surface area contributed by atoms with Crippen molar-refractivity contribution >= 4 is 16.9 Å². The highest BCUT2D eigenvalue weighted by molar-refractivity contribution is 5.95. The summed E-state index contributed by atoms with van der Waals surface area (Å²) in [6.07, 6.45) is 1.67. The molecule has 0 unspecified atom stereocenters. The zero-order chi connectivity index (χ0) is 14.6. The Hall–Kier alpha value is -2.56. The van der Waals surface area contributed by atoms with Gasteiger partial charge in [0.25, 0.3) is 0 Å². The minimum Gasteiger partial charge on any atom is -0.348 e. The fourth-order valence-corrected chi connectivity index (χ4v) is 2.97. The zero-order valence-electron chi connectivity index (χ0n) is 12.1. The molecule has 0 bridgehead atoms. The summed E-state index contributed by atoms with van der Waals surface area (Å²) in [5, 5.41) is 1.12. The highest BCUT2D eigenvalue weighted by Gasteiger charge is 2.29. The largest absolute Gasteiger partial charge is 0.348 e. The average Bonchev–Trinajstić information content (AvgIpc) is 3.08. The van der Waals surface area contributed by atoms with Gasteiger partial charge in [0.1, 0.15) is 0 Å². The number of H-pyrrole nitrogens is 1. The van der Waals surface area contributed by atoms with Crippen molar-refractivity contribution in [2.75, 3.05) is 0 Å². The van der Waals surface area contributed by atoms with E-state index in [1.807, 2.05) is 23.3 Å². The molecule has 5 nitrogen and oxygen atoms in total.